The molecule has 0 unspecified atom stereocenters. The van der Waals surface area contributed by atoms with E-state index in [4.69, 9.17) is 9.47 Å². The van der Waals surface area contributed by atoms with E-state index < -0.39 is 5.97 Å². The maximum atomic E-state index is 10.8. The molecule has 1 aromatic heterocycles. The first kappa shape index (κ1) is 16.5. The normalized spacial score (nSPS) is 10.1. The Morgan fingerprint density at radius 2 is 1.79 bits per heavy atom. The number of hydrogen-bond donors (Lipinski definition) is 0. The molecule has 0 aliphatic rings. The van der Waals surface area contributed by atoms with Crippen molar-refractivity contribution in [2.45, 2.75) is 13.5 Å². The second-order valence-electron chi connectivity index (χ2n) is 4.01. The minimum atomic E-state index is -1.12. The van der Waals surface area contributed by atoms with Crippen molar-refractivity contribution in [3.63, 3.8) is 0 Å². The fourth-order valence-electron chi connectivity index (χ4n) is 2.07. The zero-order valence-electron chi connectivity index (χ0n) is 11.5. The van der Waals surface area contributed by atoms with Crippen LogP contribution in [0.15, 0.2) is 18.2 Å². The second-order valence-corrected chi connectivity index (χ2v) is 4.01. The summed E-state index contributed by atoms with van der Waals surface area (Å²) in [5.41, 5.74) is 1.64. The molecule has 0 saturated heterocycles. The Morgan fingerprint density at radius 3 is 2.32 bits per heavy atom. The molecule has 19 heavy (non-hydrogen) atoms. The number of carbonyl (C=O) groups is 1. The summed E-state index contributed by atoms with van der Waals surface area (Å²) >= 11 is 0. The fourth-order valence-corrected chi connectivity index (χ4v) is 2.07. The number of hydrogen-bond acceptors (Lipinski definition) is 4. The average Bonchev–Trinajstić information content (AvgIpc) is 2.63. The van der Waals surface area contributed by atoms with E-state index in [0.29, 0.717) is 11.5 Å². The summed E-state index contributed by atoms with van der Waals surface area (Å²) in [5, 5.41) is 11.7. The van der Waals surface area contributed by atoms with E-state index in [2.05, 4.69) is 0 Å². The number of benzene rings is 1. The van der Waals surface area contributed by atoms with Crippen LogP contribution in [0.25, 0.3) is 10.9 Å². The van der Waals surface area contributed by atoms with Crippen molar-refractivity contribution < 1.29 is 70.8 Å². The molecule has 0 atom stereocenters. The number of fused-ring (bicyclic) bond motifs is 1. The zero-order valence-corrected chi connectivity index (χ0v) is 14.6. The molecule has 2 rings (SSSR count). The molecule has 0 saturated carbocycles. The predicted molar refractivity (Wildman–Crippen MR) is 64.8 cm³/mol. The average molecular weight is 287 g/mol. The van der Waals surface area contributed by atoms with Gasteiger partial charge in [-0.05, 0) is 19.1 Å². The van der Waals surface area contributed by atoms with Crippen molar-refractivity contribution >= 4 is 16.9 Å². The van der Waals surface area contributed by atoms with Gasteiger partial charge in [0.25, 0.3) is 0 Å². The number of carboxylic acids is 1. The summed E-state index contributed by atoms with van der Waals surface area (Å²) in [6.45, 7) is 1.67. The molecule has 6 heteroatoms. The molecule has 96 valence electrons. The third-order valence-electron chi connectivity index (χ3n) is 2.90. The molecule has 2 aromatic rings. The SMILES string of the molecule is COc1cc2cc(C)n(CC(=O)[O-])c2cc1OC.[K+]. The van der Waals surface area contributed by atoms with Gasteiger partial charge in [-0.3, -0.25) is 0 Å². The summed E-state index contributed by atoms with van der Waals surface area (Å²) in [7, 11) is 3.11. The summed E-state index contributed by atoms with van der Waals surface area (Å²) < 4.78 is 12.1. The molecule has 5 nitrogen and oxygen atoms in total. The molecule has 1 heterocycles. The van der Waals surface area contributed by atoms with Crippen LogP contribution in [-0.4, -0.2) is 24.8 Å². The van der Waals surface area contributed by atoms with E-state index in [1.807, 2.05) is 19.1 Å². The minimum absolute atomic E-state index is 0. The fraction of sp³-hybridized carbons (Fsp3) is 0.308. The van der Waals surface area contributed by atoms with Crippen LogP contribution in [-0.2, 0) is 11.3 Å². The van der Waals surface area contributed by atoms with E-state index in [9.17, 15) is 9.90 Å². The van der Waals surface area contributed by atoms with Crippen LogP contribution in [0, 0.1) is 6.92 Å². The molecular formula is C13H14KNO4. The van der Waals surface area contributed by atoms with Crippen molar-refractivity contribution in [2.24, 2.45) is 0 Å². The molecule has 0 spiro atoms. The number of aliphatic carboxylic acids is 1. The molecule has 0 fully saturated rings. The number of methoxy groups -OCH3 is 2. The van der Waals surface area contributed by atoms with Crippen molar-refractivity contribution in [1.82, 2.24) is 4.57 Å². The molecule has 0 bridgehead atoms. The van der Waals surface area contributed by atoms with Gasteiger partial charge in [0.2, 0.25) is 0 Å². The van der Waals surface area contributed by atoms with Gasteiger partial charge in [-0.15, -0.1) is 0 Å². The summed E-state index contributed by atoms with van der Waals surface area (Å²) in [5.74, 6) is 0.0729. The number of aromatic nitrogens is 1. The van der Waals surface area contributed by atoms with Gasteiger partial charge in [-0.1, -0.05) is 0 Å². The van der Waals surface area contributed by atoms with Gasteiger partial charge in [0.05, 0.1) is 32.3 Å². The van der Waals surface area contributed by atoms with Gasteiger partial charge in [0.15, 0.2) is 11.5 Å². The third kappa shape index (κ3) is 3.32. The summed E-state index contributed by atoms with van der Waals surface area (Å²) in [6, 6.07) is 5.50. The Bertz CT molecular complexity index is 606. The topological polar surface area (TPSA) is 63.5 Å². The first-order valence-electron chi connectivity index (χ1n) is 5.48. The first-order valence-corrected chi connectivity index (χ1v) is 5.48. The number of carbonyl (C=O) groups excluding carboxylic acids is 1. The summed E-state index contributed by atoms with van der Waals surface area (Å²) in [6.07, 6.45) is 0. The third-order valence-corrected chi connectivity index (χ3v) is 2.90. The zero-order chi connectivity index (χ0) is 13.3. The van der Waals surface area contributed by atoms with Gasteiger partial charge in [0.1, 0.15) is 0 Å². The van der Waals surface area contributed by atoms with Crippen LogP contribution < -0.4 is 66.0 Å². The monoisotopic (exact) mass is 287 g/mol. The quantitative estimate of drug-likeness (QED) is 0.595. The number of rotatable bonds is 4. The Kier molecular flexibility index (Phi) is 5.88. The number of aryl methyl sites for hydroxylation is 1. The number of ether oxygens (including phenoxy) is 2. The molecule has 0 N–H and O–H groups in total. The van der Waals surface area contributed by atoms with E-state index in [-0.39, 0.29) is 57.9 Å². The van der Waals surface area contributed by atoms with Gasteiger partial charge in [-0.25, -0.2) is 0 Å². The van der Waals surface area contributed by atoms with Crippen LogP contribution in [0.3, 0.4) is 0 Å². The van der Waals surface area contributed by atoms with Crippen molar-refractivity contribution in [3.8, 4) is 11.5 Å². The molecule has 0 aliphatic carbocycles. The second kappa shape index (κ2) is 6.76. The number of carboxylic acid groups (broad SMARTS) is 1. The van der Waals surface area contributed by atoms with Gasteiger partial charge >= 0.3 is 51.4 Å². The van der Waals surface area contributed by atoms with Gasteiger partial charge in [0, 0.05) is 17.1 Å². The largest absolute Gasteiger partial charge is 1.00 e. The standard InChI is InChI=1S/C13H15NO4.K/c1-8-4-9-5-11(17-2)12(18-3)6-10(9)14(8)7-13(15)16;/h4-6H,7H2,1-3H3,(H,15,16);/q;+1/p-1. The predicted octanol–water partition coefficient (Wildman–Crippen LogP) is -2.28. The minimum Gasteiger partial charge on any atom is -0.548 e. The van der Waals surface area contributed by atoms with Crippen LogP contribution in [0.1, 0.15) is 5.69 Å². The Labute approximate surface area is 153 Å². The van der Waals surface area contributed by atoms with E-state index in [1.54, 1.807) is 24.9 Å². The maximum Gasteiger partial charge on any atom is 1.00 e. The van der Waals surface area contributed by atoms with E-state index in [0.717, 1.165) is 16.6 Å². The van der Waals surface area contributed by atoms with Gasteiger partial charge in [-0.2, -0.15) is 0 Å². The maximum absolute atomic E-state index is 10.8. The smallest absolute Gasteiger partial charge is 0.548 e. The van der Waals surface area contributed by atoms with E-state index in [1.165, 1.54) is 0 Å². The molecule has 1 aromatic carbocycles. The summed E-state index contributed by atoms with van der Waals surface area (Å²) in [4.78, 5) is 10.8. The number of nitrogens with zero attached hydrogens (tertiary/aromatic N) is 1. The molecule has 0 amide bonds. The molecular weight excluding hydrogens is 273 g/mol. The van der Waals surface area contributed by atoms with Crippen molar-refractivity contribution in [1.29, 1.82) is 0 Å². The first-order chi connectivity index (χ1) is 8.56. The Hall–Kier alpha value is -0.534. The molecule has 0 radical (unpaired) electrons. The van der Waals surface area contributed by atoms with Crippen LogP contribution >= 0.6 is 0 Å². The van der Waals surface area contributed by atoms with Crippen molar-refractivity contribution in [2.75, 3.05) is 14.2 Å². The Balaban J connectivity index is 0.00000180. The van der Waals surface area contributed by atoms with Crippen LogP contribution in [0.2, 0.25) is 0 Å². The van der Waals surface area contributed by atoms with Crippen LogP contribution in [0.5, 0.6) is 11.5 Å². The van der Waals surface area contributed by atoms with E-state index >= 15 is 0 Å². The Morgan fingerprint density at radius 1 is 1.21 bits per heavy atom. The van der Waals surface area contributed by atoms with Gasteiger partial charge < -0.3 is 23.9 Å². The molecule has 0 aliphatic heterocycles. The van der Waals surface area contributed by atoms with Crippen LogP contribution in [0.4, 0.5) is 0 Å². The van der Waals surface area contributed by atoms with Crippen molar-refractivity contribution in [3.05, 3.63) is 23.9 Å².